The molecular formula is C25H19Cl2N3O3S2. The summed E-state index contributed by atoms with van der Waals surface area (Å²) in [5, 5.41) is 20.2. The first-order valence-electron chi connectivity index (χ1n) is 10.4. The van der Waals surface area contributed by atoms with Crippen LogP contribution >= 0.6 is 45.9 Å². The topological polar surface area (TPSA) is 90.8 Å². The van der Waals surface area contributed by atoms with Gasteiger partial charge in [0.15, 0.2) is 0 Å². The molecule has 0 bridgehead atoms. The molecule has 0 radical (unpaired) electrons. The van der Waals surface area contributed by atoms with Crippen molar-refractivity contribution >= 4 is 63.4 Å². The van der Waals surface area contributed by atoms with Crippen LogP contribution in [0.5, 0.6) is 5.75 Å². The lowest BCUT2D eigenvalue weighted by molar-refractivity contribution is 0.0950. The van der Waals surface area contributed by atoms with E-state index >= 15 is 0 Å². The number of nitrogens with zero attached hydrogens (tertiary/aromatic N) is 1. The number of benzene rings is 2. The summed E-state index contributed by atoms with van der Waals surface area (Å²) < 4.78 is 0. The van der Waals surface area contributed by atoms with Gasteiger partial charge >= 0.3 is 0 Å². The van der Waals surface area contributed by atoms with Crippen LogP contribution in [0, 0.1) is 0 Å². The monoisotopic (exact) mass is 543 g/mol. The van der Waals surface area contributed by atoms with E-state index < -0.39 is 5.91 Å². The van der Waals surface area contributed by atoms with Crippen molar-refractivity contribution in [3.8, 4) is 16.2 Å². The van der Waals surface area contributed by atoms with Crippen molar-refractivity contribution in [2.24, 2.45) is 5.10 Å². The molecule has 2 amide bonds. The van der Waals surface area contributed by atoms with Gasteiger partial charge in [0, 0.05) is 11.9 Å². The molecule has 0 spiro atoms. The quantitative estimate of drug-likeness (QED) is 0.182. The Morgan fingerprint density at radius 2 is 1.69 bits per heavy atom. The lowest BCUT2D eigenvalue weighted by Crippen LogP contribution is -2.21. The third kappa shape index (κ3) is 5.91. The number of halogens is 2. The van der Waals surface area contributed by atoms with Crippen molar-refractivity contribution in [1.29, 1.82) is 0 Å². The first-order chi connectivity index (χ1) is 16.8. The van der Waals surface area contributed by atoms with Crippen molar-refractivity contribution in [2.75, 3.05) is 0 Å². The molecule has 0 aliphatic heterocycles. The predicted molar refractivity (Wildman–Crippen MR) is 143 cm³/mol. The number of rotatable bonds is 7. The second kappa shape index (κ2) is 11.0. The highest BCUT2D eigenvalue weighted by molar-refractivity contribution is 7.16. The number of nitrogens with one attached hydrogen (secondary N) is 2. The number of carbonyl (C=O) groups is 2. The summed E-state index contributed by atoms with van der Waals surface area (Å²) in [5.41, 5.74) is 5.11. The van der Waals surface area contributed by atoms with E-state index in [0.29, 0.717) is 42.5 Å². The number of carbonyl (C=O) groups excluding carboxylic acids is 2. The number of amides is 2. The number of hydrogen-bond acceptors (Lipinski definition) is 6. The molecule has 2 aromatic heterocycles. The Morgan fingerprint density at radius 1 is 0.971 bits per heavy atom. The lowest BCUT2D eigenvalue weighted by Gasteiger charge is -2.04. The molecule has 2 heterocycles. The van der Waals surface area contributed by atoms with Crippen molar-refractivity contribution in [3.05, 3.63) is 97.0 Å². The van der Waals surface area contributed by atoms with Crippen LogP contribution in [0.3, 0.4) is 0 Å². The molecule has 0 aliphatic carbocycles. The number of hydrazone groups is 1. The van der Waals surface area contributed by atoms with Gasteiger partial charge in [0.05, 0.1) is 36.0 Å². The van der Waals surface area contributed by atoms with Crippen LogP contribution in [-0.2, 0) is 6.54 Å². The van der Waals surface area contributed by atoms with E-state index in [1.165, 1.54) is 11.3 Å². The molecule has 6 nitrogen and oxygen atoms in total. The van der Waals surface area contributed by atoms with Crippen LogP contribution in [0.15, 0.2) is 71.1 Å². The van der Waals surface area contributed by atoms with Gasteiger partial charge < -0.3 is 10.4 Å². The predicted octanol–water partition coefficient (Wildman–Crippen LogP) is 6.57. The van der Waals surface area contributed by atoms with Gasteiger partial charge in [-0.15, -0.1) is 22.7 Å². The Labute approximate surface area is 219 Å². The highest BCUT2D eigenvalue weighted by Crippen LogP contribution is 2.40. The lowest BCUT2D eigenvalue weighted by atomic mass is 10.1. The Morgan fingerprint density at radius 3 is 2.40 bits per heavy atom. The van der Waals surface area contributed by atoms with E-state index in [1.807, 2.05) is 30.3 Å². The highest BCUT2D eigenvalue weighted by atomic mass is 35.5. The molecule has 4 aromatic rings. The van der Waals surface area contributed by atoms with Crippen molar-refractivity contribution in [3.63, 3.8) is 0 Å². The molecule has 0 aliphatic rings. The average molecular weight is 544 g/mol. The molecule has 0 saturated heterocycles. The fourth-order valence-corrected chi connectivity index (χ4v) is 5.26. The van der Waals surface area contributed by atoms with E-state index in [0.717, 1.165) is 22.5 Å². The minimum atomic E-state index is -0.448. The van der Waals surface area contributed by atoms with Gasteiger partial charge in [0.25, 0.3) is 11.8 Å². The van der Waals surface area contributed by atoms with E-state index in [2.05, 4.69) is 15.8 Å². The second-order valence-electron chi connectivity index (χ2n) is 7.43. The van der Waals surface area contributed by atoms with Gasteiger partial charge in [-0.1, -0.05) is 59.6 Å². The van der Waals surface area contributed by atoms with Crippen LogP contribution in [-0.4, -0.2) is 22.6 Å². The van der Waals surface area contributed by atoms with Gasteiger partial charge in [0.1, 0.15) is 5.75 Å². The molecule has 178 valence electrons. The van der Waals surface area contributed by atoms with Crippen LogP contribution in [0.4, 0.5) is 0 Å². The Bertz CT molecular complexity index is 1410. The van der Waals surface area contributed by atoms with Crippen LogP contribution < -0.4 is 10.7 Å². The second-order valence-corrected chi connectivity index (χ2v) is 10.2. The summed E-state index contributed by atoms with van der Waals surface area (Å²) in [5.74, 6) is -0.663. The van der Waals surface area contributed by atoms with Crippen molar-refractivity contribution < 1.29 is 14.7 Å². The molecule has 3 N–H and O–H groups in total. The Kier molecular flexibility index (Phi) is 7.87. The zero-order valence-electron chi connectivity index (χ0n) is 18.3. The van der Waals surface area contributed by atoms with Crippen LogP contribution in [0.2, 0.25) is 10.0 Å². The number of hydrogen-bond donors (Lipinski definition) is 3. The SMILES string of the molecule is CC(=NNC(=O)c1ccc(C(=O)NCc2ccccc2)s1)c1csc(-c2ccc(Cl)c(Cl)c2)c1O. The Hall–Kier alpha value is -3.17. The molecule has 10 heteroatoms. The largest absolute Gasteiger partial charge is 0.506 e. The van der Waals surface area contributed by atoms with Crippen molar-refractivity contribution in [2.45, 2.75) is 13.5 Å². The average Bonchev–Trinajstić information content (AvgIpc) is 3.51. The fourth-order valence-electron chi connectivity index (χ4n) is 3.15. The molecule has 35 heavy (non-hydrogen) atoms. The van der Waals surface area contributed by atoms with E-state index in [-0.39, 0.29) is 11.7 Å². The summed E-state index contributed by atoms with van der Waals surface area (Å²) in [4.78, 5) is 26.3. The summed E-state index contributed by atoms with van der Waals surface area (Å²) >= 11 is 14.5. The molecule has 2 aromatic carbocycles. The third-order valence-electron chi connectivity index (χ3n) is 5.01. The van der Waals surface area contributed by atoms with Crippen molar-refractivity contribution in [1.82, 2.24) is 10.7 Å². The number of aromatic hydroxyl groups is 1. The minimum Gasteiger partial charge on any atom is -0.506 e. The summed E-state index contributed by atoms with van der Waals surface area (Å²) in [6, 6.07) is 17.9. The molecular weight excluding hydrogens is 525 g/mol. The van der Waals surface area contributed by atoms with Gasteiger partial charge in [-0.25, -0.2) is 5.43 Å². The van der Waals surface area contributed by atoms with Gasteiger partial charge in [0.2, 0.25) is 0 Å². The molecule has 4 rings (SSSR count). The maximum absolute atomic E-state index is 12.6. The van der Waals surface area contributed by atoms with E-state index in [9.17, 15) is 14.7 Å². The van der Waals surface area contributed by atoms with E-state index in [4.69, 9.17) is 23.2 Å². The third-order valence-corrected chi connectivity index (χ3v) is 7.85. The molecule has 0 unspecified atom stereocenters. The standard InChI is InChI=1S/C25H19Cl2N3O3S2/c1-14(17-13-34-23(22(17)31)16-7-8-18(26)19(27)11-16)29-30-25(33)21-10-9-20(35-21)24(32)28-12-15-5-3-2-4-6-15/h2-11,13,31H,12H2,1H3,(H,28,32)(H,30,33). The summed E-state index contributed by atoms with van der Waals surface area (Å²) in [7, 11) is 0. The van der Waals surface area contributed by atoms with Crippen LogP contribution in [0.25, 0.3) is 10.4 Å². The Balaban J connectivity index is 1.40. The van der Waals surface area contributed by atoms with E-state index in [1.54, 1.807) is 42.6 Å². The molecule has 0 saturated carbocycles. The summed E-state index contributed by atoms with van der Waals surface area (Å²) in [6.45, 7) is 2.08. The normalized spacial score (nSPS) is 11.3. The van der Waals surface area contributed by atoms with Crippen LogP contribution in [0.1, 0.15) is 37.4 Å². The van der Waals surface area contributed by atoms with Gasteiger partial charge in [-0.2, -0.15) is 5.10 Å². The molecule has 0 atom stereocenters. The number of thiophene rings is 2. The maximum Gasteiger partial charge on any atom is 0.281 e. The molecule has 0 fully saturated rings. The zero-order valence-corrected chi connectivity index (χ0v) is 21.5. The highest BCUT2D eigenvalue weighted by Gasteiger charge is 2.17. The van der Waals surface area contributed by atoms with Gasteiger partial charge in [-0.05, 0) is 42.3 Å². The summed E-state index contributed by atoms with van der Waals surface area (Å²) in [6.07, 6.45) is 0. The smallest absolute Gasteiger partial charge is 0.281 e. The maximum atomic E-state index is 12.6. The zero-order chi connectivity index (χ0) is 24.9. The van der Waals surface area contributed by atoms with Gasteiger partial charge in [-0.3, -0.25) is 9.59 Å². The fraction of sp³-hybridized carbons (Fsp3) is 0.0800. The first-order valence-corrected chi connectivity index (χ1v) is 12.8. The minimum absolute atomic E-state index is 0.0392. The first kappa shape index (κ1) is 24.9.